The highest BCUT2D eigenvalue weighted by atomic mass is 16.5. The fourth-order valence-electron chi connectivity index (χ4n) is 2.95. The lowest BCUT2D eigenvalue weighted by atomic mass is 9.86. The molecule has 21 heavy (non-hydrogen) atoms. The second kappa shape index (κ2) is 8.25. The molecular formula is C17H27NO3. The summed E-state index contributed by atoms with van der Waals surface area (Å²) in [7, 11) is 3.40. The van der Waals surface area contributed by atoms with Crippen molar-refractivity contribution in [3.05, 3.63) is 23.8 Å². The molecule has 0 aromatic heterocycles. The van der Waals surface area contributed by atoms with Crippen LogP contribution >= 0.6 is 0 Å². The molecule has 1 atom stereocenters. The van der Waals surface area contributed by atoms with Gasteiger partial charge in [-0.2, -0.15) is 0 Å². The number of hydrogen-bond acceptors (Lipinski definition) is 4. The summed E-state index contributed by atoms with van der Waals surface area (Å²) >= 11 is 0. The second-order valence-electron chi connectivity index (χ2n) is 5.49. The fraction of sp³-hybridized carbons (Fsp3) is 0.647. The average molecular weight is 293 g/mol. The van der Waals surface area contributed by atoms with Crippen LogP contribution in [0.3, 0.4) is 0 Å². The van der Waals surface area contributed by atoms with Gasteiger partial charge in [0, 0.05) is 30.9 Å². The van der Waals surface area contributed by atoms with Crippen molar-refractivity contribution in [3.63, 3.8) is 0 Å². The monoisotopic (exact) mass is 293 g/mol. The van der Waals surface area contributed by atoms with Gasteiger partial charge in [-0.3, -0.25) is 0 Å². The van der Waals surface area contributed by atoms with E-state index in [0.29, 0.717) is 12.0 Å². The van der Waals surface area contributed by atoms with Crippen molar-refractivity contribution in [1.82, 2.24) is 5.32 Å². The van der Waals surface area contributed by atoms with Crippen LogP contribution in [-0.4, -0.2) is 34.0 Å². The molecule has 1 fully saturated rings. The number of nitrogens with one attached hydrogen (secondary N) is 1. The minimum atomic E-state index is 0.315. The van der Waals surface area contributed by atoms with Crippen molar-refractivity contribution in [2.45, 2.75) is 32.2 Å². The molecule has 1 aromatic carbocycles. The van der Waals surface area contributed by atoms with Gasteiger partial charge in [0.05, 0.1) is 14.2 Å². The van der Waals surface area contributed by atoms with Gasteiger partial charge in [0.15, 0.2) is 0 Å². The molecule has 0 radical (unpaired) electrons. The van der Waals surface area contributed by atoms with E-state index in [9.17, 15) is 0 Å². The zero-order chi connectivity index (χ0) is 15.1. The first-order chi connectivity index (χ1) is 10.3. The van der Waals surface area contributed by atoms with Gasteiger partial charge in [0.25, 0.3) is 0 Å². The molecule has 4 heteroatoms. The van der Waals surface area contributed by atoms with Gasteiger partial charge in [0.2, 0.25) is 0 Å². The third-order valence-corrected chi connectivity index (χ3v) is 4.13. The van der Waals surface area contributed by atoms with Crippen molar-refractivity contribution in [3.8, 4) is 11.5 Å². The van der Waals surface area contributed by atoms with Crippen LogP contribution in [0.4, 0.5) is 0 Å². The smallest absolute Gasteiger partial charge is 0.127 e. The molecule has 4 nitrogen and oxygen atoms in total. The Bertz CT molecular complexity index is 430. The van der Waals surface area contributed by atoms with Crippen LogP contribution in [0.25, 0.3) is 0 Å². The van der Waals surface area contributed by atoms with E-state index in [1.54, 1.807) is 14.2 Å². The molecule has 1 saturated heterocycles. The SMILES string of the molecule is CCCNC(c1ccc(OC)cc1OC)C1CCOCC1. The molecule has 1 heterocycles. The Kier molecular flexibility index (Phi) is 6.33. The highest BCUT2D eigenvalue weighted by Crippen LogP contribution is 2.36. The van der Waals surface area contributed by atoms with E-state index in [0.717, 1.165) is 50.5 Å². The third-order valence-electron chi connectivity index (χ3n) is 4.13. The summed E-state index contributed by atoms with van der Waals surface area (Å²) in [6.45, 7) is 4.91. The van der Waals surface area contributed by atoms with Gasteiger partial charge < -0.3 is 19.5 Å². The topological polar surface area (TPSA) is 39.7 Å². The lowest BCUT2D eigenvalue weighted by Gasteiger charge is -2.32. The summed E-state index contributed by atoms with van der Waals surface area (Å²) in [5.41, 5.74) is 1.22. The van der Waals surface area contributed by atoms with E-state index in [-0.39, 0.29) is 0 Å². The molecule has 1 N–H and O–H groups in total. The van der Waals surface area contributed by atoms with Crippen LogP contribution in [0.15, 0.2) is 18.2 Å². The molecule has 0 spiro atoms. The van der Waals surface area contributed by atoms with Crippen molar-refractivity contribution < 1.29 is 14.2 Å². The highest BCUT2D eigenvalue weighted by molar-refractivity contribution is 5.42. The largest absolute Gasteiger partial charge is 0.497 e. The summed E-state index contributed by atoms with van der Waals surface area (Å²) in [6, 6.07) is 6.42. The maximum Gasteiger partial charge on any atom is 0.127 e. The van der Waals surface area contributed by atoms with E-state index < -0.39 is 0 Å². The first-order valence-electron chi connectivity index (χ1n) is 7.83. The Balaban J connectivity index is 2.25. The fourth-order valence-corrected chi connectivity index (χ4v) is 2.95. The van der Waals surface area contributed by atoms with Crippen molar-refractivity contribution in [1.29, 1.82) is 0 Å². The summed E-state index contributed by atoms with van der Waals surface area (Å²) in [5.74, 6) is 2.32. The molecule has 1 aliphatic rings. The minimum absolute atomic E-state index is 0.315. The Morgan fingerprint density at radius 3 is 2.62 bits per heavy atom. The van der Waals surface area contributed by atoms with Crippen LogP contribution in [0, 0.1) is 5.92 Å². The molecule has 0 aliphatic carbocycles. The van der Waals surface area contributed by atoms with E-state index in [4.69, 9.17) is 14.2 Å². The van der Waals surface area contributed by atoms with E-state index in [2.05, 4.69) is 18.3 Å². The Labute approximate surface area is 127 Å². The standard InChI is InChI=1S/C17H27NO3/c1-4-9-18-17(13-7-10-21-11-8-13)15-6-5-14(19-2)12-16(15)20-3/h5-6,12-13,17-18H,4,7-11H2,1-3H3. The van der Waals surface area contributed by atoms with Gasteiger partial charge in [-0.15, -0.1) is 0 Å². The van der Waals surface area contributed by atoms with Crippen LogP contribution in [-0.2, 0) is 4.74 Å². The number of rotatable bonds is 7. The zero-order valence-corrected chi connectivity index (χ0v) is 13.4. The Morgan fingerprint density at radius 2 is 2.00 bits per heavy atom. The molecule has 1 unspecified atom stereocenters. The number of benzene rings is 1. The predicted octanol–water partition coefficient (Wildman–Crippen LogP) is 3.17. The van der Waals surface area contributed by atoms with E-state index in [1.165, 1.54) is 5.56 Å². The number of methoxy groups -OCH3 is 2. The summed E-state index contributed by atoms with van der Waals surface area (Å²) in [4.78, 5) is 0. The zero-order valence-electron chi connectivity index (χ0n) is 13.4. The van der Waals surface area contributed by atoms with Crippen LogP contribution in [0.5, 0.6) is 11.5 Å². The second-order valence-corrected chi connectivity index (χ2v) is 5.49. The first-order valence-corrected chi connectivity index (χ1v) is 7.83. The number of hydrogen-bond donors (Lipinski definition) is 1. The Morgan fingerprint density at radius 1 is 1.24 bits per heavy atom. The van der Waals surface area contributed by atoms with Crippen molar-refractivity contribution in [2.75, 3.05) is 34.0 Å². The molecule has 0 bridgehead atoms. The highest BCUT2D eigenvalue weighted by Gasteiger charge is 2.27. The molecule has 1 aromatic rings. The van der Waals surface area contributed by atoms with Gasteiger partial charge in [0.1, 0.15) is 11.5 Å². The van der Waals surface area contributed by atoms with E-state index >= 15 is 0 Å². The lowest BCUT2D eigenvalue weighted by molar-refractivity contribution is 0.0533. The first kappa shape index (κ1) is 16.1. The normalized spacial score (nSPS) is 17.5. The van der Waals surface area contributed by atoms with Crippen molar-refractivity contribution >= 4 is 0 Å². The summed E-state index contributed by atoms with van der Waals surface area (Å²) < 4.78 is 16.4. The van der Waals surface area contributed by atoms with Crippen molar-refractivity contribution in [2.24, 2.45) is 5.92 Å². The van der Waals surface area contributed by atoms with Gasteiger partial charge in [-0.05, 0) is 37.8 Å². The molecular weight excluding hydrogens is 266 g/mol. The lowest BCUT2D eigenvalue weighted by Crippen LogP contribution is -2.32. The third kappa shape index (κ3) is 4.11. The maximum absolute atomic E-state index is 5.59. The minimum Gasteiger partial charge on any atom is -0.497 e. The van der Waals surface area contributed by atoms with Gasteiger partial charge in [-0.1, -0.05) is 13.0 Å². The number of ether oxygens (including phenoxy) is 3. The molecule has 1 aliphatic heterocycles. The van der Waals surface area contributed by atoms with Gasteiger partial charge >= 0.3 is 0 Å². The van der Waals surface area contributed by atoms with Crippen LogP contribution in [0.1, 0.15) is 37.8 Å². The molecule has 118 valence electrons. The maximum atomic E-state index is 5.59. The quantitative estimate of drug-likeness (QED) is 0.838. The predicted molar refractivity (Wildman–Crippen MR) is 84.1 cm³/mol. The van der Waals surface area contributed by atoms with Crippen LogP contribution < -0.4 is 14.8 Å². The Hall–Kier alpha value is -1.26. The average Bonchev–Trinajstić information content (AvgIpc) is 2.56. The summed E-state index contributed by atoms with van der Waals surface area (Å²) in [6.07, 6.45) is 3.31. The van der Waals surface area contributed by atoms with Crippen LogP contribution in [0.2, 0.25) is 0 Å². The van der Waals surface area contributed by atoms with Gasteiger partial charge in [-0.25, -0.2) is 0 Å². The molecule has 0 saturated carbocycles. The summed E-state index contributed by atoms with van der Waals surface area (Å²) in [5, 5.41) is 3.69. The molecule has 2 rings (SSSR count). The van der Waals surface area contributed by atoms with E-state index in [1.807, 2.05) is 12.1 Å². The molecule has 0 amide bonds.